The number of hydrogen-bond donors (Lipinski definition) is 1. The van der Waals surface area contributed by atoms with Crippen molar-refractivity contribution in [3.8, 4) is 0 Å². The lowest BCUT2D eigenvalue weighted by atomic mass is 9.90. The fourth-order valence-corrected chi connectivity index (χ4v) is 3.47. The molecule has 0 saturated carbocycles. The molecule has 0 aliphatic carbocycles. The number of alkyl halides is 2. The summed E-state index contributed by atoms with van der Waals surface area (Å²) in [4.78, 5) is 1.54. The van der Waals surface area contributed by atoms with Crippen molar-refractivity contribution in [3.63, 3.8) is 0 Å². The zero-order valence-electron chi connectivity index (χ0n) is 13.7. The van der Waals surface area contributed by atoms with Crippen LogP contribution in [0.15, 0.2) is 18.2 Å². The molecule has 0 saturated heterocycles. The van der Waals surface area contributed by atoms with E-state index < -0.39 is 0 Å². The van der Waals surface area contributed by atoms with Crippen LogP contribution in [0.5, 0.6) is 0 Å². The van der Waals surface area contributed by atoms with Gasteiger partial charge in [0.25, 0.3) is 0 Å². The number of unbranched alkanes of at least 4 members (excludes halogenated alkanes) is 1. The van der Waals surface area contributed by atoms with E-state index >= 15 is 0 Å². The van der Waals surface area contributed by atoms with Gasteiger partial charge in [0.2, 0.25) is 0 Å². The molecule has 21 heavy (non-hydrogen) atoms. The predicted octanol–water partition coefficient (Wildman–Crippen LogP) is 3.94. The number of nitrogens with one attached hydrogen (secondary N) is 1. The topological polar surface area (TPSA) is 4.44 Å². The van der Waals surface area contributed by atoms with Gasteiger partial charge in [0.05, 0.1) is 31.4 Å². The molecular formula is C18H30Cl2N+. The van der Waals surface area contributed by atoms with Crippen molar-refractivity contribution in [1.82, 2.24) is 0 Å². The first-order valence-electron chi connectivity index (χ1n) is 8.11. The number of quaternary nitrogens is 1. The van der Waals surface area contributed by atoms with Crippen LogP contribution in [0, 0.1) is 13.8 Å². The minimum Gasteiger partial charge on any atom is -0.333 e. The Labute approximate surface area is 140 Å². The average Bonchev–Trinajstić information content (AvgIpc) is 2.46. The largest absolute Gasteiger partial charge is 0.333 e. The maximum absolute atomic E-state index is 5.84. The Morgan fingerprint density at radius 2 is 1.67 bits per heavy atom. The Morgan fingerprint density at radius 3 is 2.29 bits per heavy atom. The van der Waals surface area contributed by atoms with Crippen LogP contribution < -0.4 is 4.90 Å². The van der Waals surface area contributed by atoms with Crippen molar-refractivity contribution in [2.75, 3.05) is 31.4 Å². The van der Waals surface area contributed by atoms with Crippen LogP contribution in [0.3, 0.4) is 0 Å². The lowest BCUT2D eigenvalue weighted by Crippen LogP contribution is -3.12. The van der Waals surface area contributed by atoms with E-state index in [4.69, 9.17) is 23.2 Å². The third kappa shape index (κ3) is 6.59. The Bertz CT molecular complexity index is 400. The summed E-state index contributed by atoms with van der Waals surface area (Å²) in [5, 5.41) is 0. The van der Waals surface area contributed by atoms with Gasteiger partial charge in [-0.25, -0.2) is 0 Å². The summed E-state index contributed by atoms with van der Waals surface area (Å²) in [5.41, 5.74) is 4.38. The van der Waals surface area contributed by atoms with E-state index in [1.807, 2.05) is 0 Å². The van der Waals surface area contributed by atoms with E-state index in [2.05, 4.69) is 39.0 Å². The van der Waals surface area contributed by atoms with E-state index in [1.165, 1.54) is 42.5 Å². The van der Waals surface area contributed by atoms with Gasteiger partial charge < -0.3 is 4.90 Å². The molecule has 1 aromatic carbocycles. The minimum absolute atomic E-state index is 0.648. The predicted molar refractivity (Wildman–Crippen MR) is 95.2 cm³/mol. The number of rotatable bonds is 10. The second kappa shape index (κ2) is 10.5. The molecule has 0 aliphatic heterocycles. The highest BCUT2D eigenvalue weighted by Crippen LogP contribution is 2.25. The Balaban J connectivity index is 2.36. The van der Waals surface area contributed by atoms with E-state index in [-0.39, 0.29) is 0 Å². The van der Waals surface area contributed by atoms with Crippen molar-refractivity contribution in [2.24, 2.45) is 0 Å². The fourth-order valence-electron chi connectivity index (χ4n) is 2.93. The lowest BCUT2D eigenvalue weighted by molar-refractivity contribution is -0.895. The molecule has 1 atom stereocenters. The molecule has 0 amide bonds. The van der Waals surface area contributed by atoms with Crippen molar-refractivity contribution < 1.29 is 4.90 Å². The molecule has 0 radical (unpaired) electrons. The maximum Gasteiger partial charge on any atom is 0.0908 e. The summed E-state index contributed by atoms with van der Waals surface area (Å²) in [6, 6.07) is 6.66. The minimum atomic E-state index is 0.648. The van der Waals surface area contributed by atoms with Crippen LogP contribution in [0.4, 0.5) is 0 Å². The Hall–Kier alpha value is -0.240. The van der Waals surface area contributed by atoms with Crippen molar-refractivity contribution in [3.05, 3.63) is 34.9 Å². The van der Waals surface area contributed by atoms with Crippen LogP contribution in [0.1, 0.15) is 48.8 Å². The molecule has 0 spiro atoms. The van der Waals surface area contributed by atoms with Gasteiger partial charge in [-0.05, 0) is 55.7 Å². The van der Waals surface area contributed by atoms with Gasteiger partial charge in [0.1, 0.15) is 0 Å². The maximum atomic E-state index is 5.84. The molecule has 0 aliphatic rings. The second-order valence-corrected chi connectivity index (χ2v) is 6.82. The molecule has 0 bridgehead atoms. The van der Waals surface area contributed by atoms with Gasteiger partial charge in [0.15, 0.2) is 0 Å². The molecule has 0 unspecified atom stereocenters. The molecule has 1 N–H and O–H groups in total. The van der Waals surface area contributed by atoms with E-state index in [9.17, 15) is 0 Å². The van der Waals surface area contributed by atoms with Crippen LogP contribution in [-0.2, 0) is 0 Å². The monoisotopic (exact) mass is 330 g/mol. The normalized spacial score (nSPS) is 12.9. The lowest BCUT2D eigenvalue weighted by Gasteiger charge is -2.19. The van der Waals surface area contributed by atoms with E-state index in [1.54, 1.807) is 4.90 Å². The molecule has 1 rings (SSSR count). The van der Waals surface area contributed by atoms with Gasteiger partial charge in [0, 0.05) is 0 Å². The number of hydrogen-bond acceptors (Lipinski definition) is 0. The second-order valence-electron chi connectivity index (χ2n) is 6.06. The van der Waals surface area contributed by atoms with Gasteiger partial charge in [-0.3, -0.25) is 0 Å². The third-order valence-electron chi connectivity index (χ3n) is 4.49. The van der Waals surface area contributed by atoms with Crippen LogP contribution in [0.2, 0.25) is 0 Å². The number of halogens is 2. The van der Waals surface area contributed by atoms with Crippen LogP contribution in [0.25, 0.3) is 0 Å². The highest BCUT2D eigenvalue weighted by Gasteiger charge is 2.11. The zero-order valence-corrected chi connectivity index (χ0v) is 15.2. The first-order chi connectivity index (χ1) is 10.1. The highest BCUT2D eigenvalue weighted by molar-refractivity contribution is 6.18. The first-order valence-corrected chi connectivity index (χ1v) is 9.18. The van der Waals surface area contributed by atoms with Gasteiger partial charge in [-0.1, -0.05) is 25.1 Å². The van der Waals surface area contributed by atoms with Crippen LogP contribution in [-0.4, -0.2) is 31.4 Å². The Kier molecular flexibility index (Phi) is 9.39. The van der Waals surface area contributed by atoms with Gasteiger partial charge in [-0.2, -0.15) is 0 Å². The van der Waals surface area contributed by atoms with Gasteiger partial charge in [-0.15, -0.1) is 23.2 Å². The average molecular weight is 331 g/mol. The molecule has 1 nitrogen and oxygen atoms in total. The standard InChI is InChI=1S/C18H29Cl2N/c1-15-8-6-9-18(17(15)3)16(2)7-4-5-12-21(13-10-19)14-11-20/h6,8-9,16H,4-5,7,10-14H2,1-3H3/p+1/t16-/m1/s1. The smallest absolute Gasteiger partial charge is 0.0908 e. The molecular weight excluding hydrogens is 301 g/mol. The van der Waals surface area contributed by atoms with E-state index in [0.717, 1.165) is 24.8 Å². The summed E-state index contributed by atoms with van der Waals surface area (Å²) in [6.07, 6.45) is 3.81. The highest BCUT2D eigenvalue weighted by atomic mass is 35.5. The Morgan fingerprint density at radius 1 is 1.00 bits per heavy atom. The zero-order chi connectivity index (χ0) is 15.7. The quantitative estimate of drug-likeness (QED) is 0.489. The molecule has 0 aromatic heterocycles. The number of aryl methyl sites for hydroxylation is 1. The summed E-state index contributed by atoms with van der Waals surface area (Å²) >= 11 is 11.7. The molecule has 3 heteroatoms. The van der Waals surface area contributed by atoms with E-state index in [0.29, 0.717) is 5.92 Å². The summed E-state index contributed by atoms with van der Waals surface area (Å²) in [6.45, 7) is 10.0. The molecule has 1 aromatic rings. The SMILES string of the molecule is Cc1cccc([C@H](C)CCCC[NH+](CCCl)CCCl)c1C. The van der Waals surface area contributed by atoms with Crippen molar-refractivity contribution in [1.29, 1.82) is 0 Å². The fraction of sp³-hybridized carbons (Fsp3) is 0.667. The van der Waals surface area contributed by atoms with Crippen molar-refractivity contribution >= 4 is 23.2 Å². The first kappa shape index (κ1) is 18.8. The third-order valence-corrected chi connectivity index (χ3v) is 4.87. The summed E-state index contributed by atoms with van der Waals surface area (Å²) in [7, 11) is 0. The number of benzene rings is 1. The molecule has 0 fully saturated rings. The molecule has 120 valence electrons. The van der Waals surface area contributed by atoms with Crippen LogP contribution >= 0.6 is 23.2 Å². The summed E-state index contributed by atoms with van der Waals surface area (Å²) < 4.78 is 0. The molecule has 0 heterocycles. The van der Waals surface area contributed by atoms with Crippen molar-refractivity contribution in [2.45, 2.75) is 46.0 Å². The summed E-state index contributed by atoms with van der Waals surface area (Å²) in [5.74, 6) is 2.10. The van der Waals surface area contributed by atoms with Gasteiger partial charge >= 0.3 is 0 Å².